The molecule has 2 rings (SSSR count). The lowest BCUT2D eigenvalue weighted by Gasteiger charge is -2.23. The molecule has 1 aliphatic rings. The largest absolute Gasteiger partial charge is 0.444 e. The van der Waals surface area contributed by atoms with Crippen molar-refractivity contribution >= 4 is 12.0 Å². The number of benzene rings is 1. The van der Waals surface area contributed by atoms with Crippen LogP contribution in [0.2, 0.25) is 0 Å². The Labute approximate surface area is 149 Å². The first-order valence-electron chi connectivity index (χ1n) is 8.63. The van der Waals surface area contributed by atoms with E-state index in [9.17, 15) is 9.59 Å². The van der Waals surface area contributed by atoms with E-state index in [1.165, 1.54) is 0 Å². The molecule has 1 heterocycles. The van der Waals surface area contributed by atoms with Crippen molar-refractivity contribution in [3.8, 4) is 0 Å². The van der Waals surface area contributed by atoms with Gasteiger partial charge in [-0.25, -0.2) is 4.79 Å². The van der Waals surface area contributed by atoms with Gasteiger partial charge in [-0.3, -0.25) is 4.79 Å². The van der Waals surface area contributed by atoms with Gasteiger partial charge in [-0.05, 0) is 38.7 Å². The minimum atomic E-state index is -0.584. The molecule has 25 heavy (non-hydrogen) atoms. The summed E-state index contributed by atoms with van der Waals surface area (Å²) in [6.07, 6.45) is -0.151. The predicted molar refractivity (Wildman–Crippen MR) is 95.1 cm³/mol. The van der Waals surface area contributed by atoms with Crippen LogP contribution >= 0.6 is 0 Å². The molecule has 1 aromatic rings. The number of alkyl carbamates (subject to hydrolysis) is 1. The van der Waals surface area contributed by atoms with E-state index in [1.54, 1.807) is 7.11 Å². The lowest BCUT2D eigenvalue weighted by atomic mass is 10.1. The topological polar surface area (TPSA) is 67.9 Å². The predicted octanol–water partition coefficient (Wildman–Crippen LogP) is 2.75. The molecule has 0 saturated carbocycles. The lowest BCUT2D eigenvalue weighted by molar-refractivity contribution is -0.141. The molecule has 1 N–H and O–H groups in total. The van der Waals surface area contributed by atoms with E-state index < -0.39 is 17.8 Å². The molecule has 138 valence electrons. The minimum Gasteiger partial charge on any atom is -0.444 e. The van der Waals surface area contributed by atoms with Gasteiger partial charge in [-0.2, -0.15) is 0 Å². The van der Waals surface area contributed by atoms with Crippen LogP contribution in [0, 0.1) is 5.92 Å². The summed E-state index contributed by atoms with van der Waals surface area (Å²) in [5, 5.41) is 2.79. The van der Waals surface area contributed by atoms with Gasteiger partial charge in [0.05, 0.1) is 0 Å². The number of amides is 2. The van der Waals surface area contributed by atoms with Crippen molar-refractivity contribution in [1.29, 1.82) is 0 Å². The molecule has 0 spiro atoms. The summed E-state index contributed by atoms with van der Waals surface area (Å²) in [6.45, 7) is 7.28. The van der Waals surface area contributed by atoms with Crippen molar-refractivity contribution in [2.45, 2.75) is 38.9 Å². The first-order valence-corrected chi connectivity index (χ1v) is 8.63. The molecular weight excluding hydrogens is 320 g/mol. The molecule has 2 amide bonds. The molecule has 2 atom stereocenters. The maximum Gasteiger partial charge on any atom is 0.407 e. The molecule has 0 unspecified atom stereocenters. The third-order valence-electron chi connectivity index (χ3n) is 4.09. The summed E-state index contributed by atoms with van der Waals surface area (Å²) in [6, 6.07) is 9.49. The molecule has 1 aliphatic heterocycles. The van der Waals surface area contributed by atoms with E-state index in [1.807, 2.05) is 56.0 Å². The van der Waals surface area contributed by atoms with Crippen LogP contribution in [-0.4, -0.2) is 49.2 Å². The van der Waals surface area contributed by atoms with Crippen LogP contribution in [0.15, 0.2) is 30.3 Å². The molecule has 1 aromatic carbocycles. The number of ether oxygens (including phenoxy) is 2. The van der Waals surface area contributed by atoms with Crippen LogP contribution in [0.25, 0.3) is 0 Å². The second-order valence-electron chi connectivity index (χ2n) is 7.35. The Kier molecular flexibility index (Phi) is 6.42. The fourth-order valence-corrected chi connectivity index (χ4v) is 2.91. The fourth-order valence-electron chi connectivity index (χ4n) is 2.91. The standard InChI is InChI=1S/C19H28N2O4/c1-19(2,3)25-18(23)20-12-14-10-11-21(13-14)17(22)16(24-4)15-8-6-5-7-9-15/h5-9,14,16H,10-13H2,1-4H3,(H,20,23)/t14-,16+/m1/s1. The summed E-state index contributed by atoms with van der Waals surface area (Å²) in [4.78, 5) is 26.3. The van der Waals surface area contributed by atoms with Gasteiger partial charge in [0.25, 0.3) is 5.91 Å². The van der Waals surface area contributed by atoms with Crippen LogP contribution in [0.1, 0.15) is 38.9 Å². The quantitative estimate of drug-likeness (QED) is 0.888. The van der Waals surface area contributed by atoms with Crippen molar-refractivity contribution < 1.29 is 19.1 Å². The average Bonchev–Trinajstić information content (AvgIpc) is 3.02. The third kappa shape index (κ3) is 5.74. The van der Waals surface area contributed by atoms with Gasteiger partial charge in [0, 0.05) is 26.7 Å². The monoisotopic (exact) mass is 348 g/mol. The average molecular weight is 348 g/mol. The van der Waals surface area contributed by atoms with Crippen molar-refractivity contribution in [2.24, 2.45) is 5.92 Å². The van der Waals surface area contributed by atoms with Crippen LogP contribution in [-0.2, 0) is 14.3 Å². The summed E-state index contributed by atoms with van der Waals surface area (Å²) < 4.78 is 10.7. The van der Waals surface area contributed by atoms with Gasteiger partial charge in [-0.1, -0.05) is 30.3 Å². The van der Waals surface area contributed by atoms with Crippen LogP contribution in [0.3, 0.4) is 0 Å². The van der Waals surface area contributed by atoms with Crippen molar-refractivity contribution in [2.75, 3.05) is 26.7 Å². The fraction of sp³-hybridized carbons (Fsp3) is 0.579. The number of methoxy groups -OCH3 is 1. The maximum absolute atomic E-state index is 12.7. The Balaban J connectivity index is 1.85. The second kappa shape index (κ2) is 8.34. The van der Waals surface area contributed by atoms with Crippen molar-refractivity contribution in [3.63, 3.8) is 0 Å². The highest BCUT2D eigenvalue weighted by molar-refractivity contribution is 5.82. The maximum atomic E-state index is 12.7. The van der Waals surface area contributed by atoms with Gasteiger partial charge < -0.3 is 19.7 Å². The van der Waals surface area contributed by atoms with Gasteiger partial charge in [0.15, 0.2) is 6.10 Å². The zero-order valence-electron chi connectivity index (χ0n) is 15.5. The van der Waals surface area contributed by atoms with Crippen LogP contribution in [0.4, 0.5) is 4.79 Å². The normalized spacial score (nSPS) is 18.7. The van der Waals surface area contributed by atoms with E-state index in [-0.39, 0.29) is 11.8 Å². The van der Waals surface area contributed by atoms with Crippen molar-refractivity contribution in [1.82, 2.24) is 10.2 Å². The highest BCUT2D eigenvalue weighted by Gasteiger charge is 2.32. The lowest BCUT2D eigenvalue weighted by Crippen LogP contribution is -2.37. The Hall–Kier alpha value is -2.08. The number of hydrogen-bond acceptors (Lipinski definition) is 4. The zero-order chi connectivity index (χ0) is 18.4. The minimum absolute atomic E-state index is 0.0338. The summed E-state index contributed by atoms with van der Waals surface area (Å²) in [7, 11) is 1.55. The molecule has 6 heteroatoms. The van der Waals surface area contributed by atoms with Gasteiger partial charge in [0.1, 0.15) is 5.60 Å². The number of hydrogen-bond donors (Lipinski definition) is 1. The SMILES string of the molecule is CO[C@H](C(=O)N1CC[C@H](CNC(=O)OC(C)(C)C)C1)c1ccccc1. The molecule has 0 radical (unpaired) electrons. The second-order valence-corrected chi connectivity index (χ2v) is 7.35. The van der Waals surface area contributed by atoms with E-state index in [0.29, 0.717) is 19.6 Å². The molecule has 0 aromatic heterocycles. The first kappa shape index (κ1) is 19.2. The van der Waals surface area contributed by atoms with E-state index in [0.717, 1.165) is 12.0 Å². The first-order chi connectivity index (χ1) is 11.8. The number of carbonyl (C=O) groups is 2. The van der Waals surface area contributed by atoms with Gasteiger partial charge >= 0.3 is 6.09 Å². The molecule has 1 saturated heterocycles. The molecule has 0 bridgehead atoms. The van der Waals surface area contributed by atoms with Gasteiger partial charge in [0.2, 0.25) is 0 Å². The van der Waals surface area contributed by atoms with E-state index in [2.05, 4.69) is 5.32 Å². The summed E-state index contributed by atoms with van der Waals surface area (Å²) in [5.41, 5.74) is 0.341. The van der Waals surface area contributed by atoms with E-state index >= 15 is 0 Å². The van der Waals surface area contributed by atoms with E-state index in [4.69, 9.17) is 9.47 Å². The highest BCUT2D eigenvalue weighted by Crippen LogP contribution is 2.24. The third-order valence-corrected chi connectivity index (χ3v) is 4.09. The number of carbonyl (C=O) groups excluding carboxylic acids is 2. The number of rotatable bonds is 5. The highest BCUT2D eigenvalue weighted by atomic mass is 16.6. The number of nitrogens with zero attached hydrogens (tertiary/aromatic N) is 1. The van der Waals surface area contributed by atoms with Crippen LogP contribution in [0.5, 0.6) is 0 Å². The zero-order valence-corrected chi connectivity index (χ0v) is 15.5. The number of nitrogens with one attached hydrogen (secondary N) is 1. The number of likely N-dealkylation sites (tertiary alicyclic amines) is 1. The molecule has 1 fully saturated rings. The summed E-state index contributed by atoms with van der Waals surface area (Å²) >= 11 is 0. The Morgan fingerprint density at radius 2 is 1.96 bits per heavy atom. The Morgan fingerprint density at radius 1 is 1.28 bits per heavy atom. The molecule has 0 aliphatic carbocycles. The van der Waals surface area contributed by atoms with Gasteiger partial charge in [-0.15, -0.1) is 0 Å². The smallest absolute Gasteiger partial charge is 0.407 e. The van der Waals surface area contributed by atoms with Crippen LogP contribution < -0.4 is 5.32 Å². The van der Waals surface area contributed by atoms with Crippen molar-refractivity contribution in [3.05, 3.63) is 35.9 Å². The Morgan fingerprint density at radius 3 is 2.56 bits per heavy atom. The Bertz CT molecular complexity index is 583. The summed E-state index contributed by atoms with van der Waals surface area (Å²) in [5.74, 6) is 0.193. The molecular formula is C19H28N2O4. The molecule has 6 nitrogen and oxygen atoms in total.